The van der Waals surface area contributed by atoms with Crippen molar-refractivity contribution < 1.29 is 28.5 Å². The van der Waals surface area contributed by atoms with Crippen LogP contribution in [0.2, 0.25) is 0 Å². The molecule has 1 atom stereocenters. The molecule has 34 heavy (non-hydrogen) atoms. The van der Waals surface area contributed by atoms with Crippen LogP contribution in [0.3, 0.4) is 0 Å². The second kappa shape index (κ2) is 8.23. The summed E-state index contributed by atoms with van der Waals surface area (Å²) in [6, 6.07) is 14.7. The highest BCUT2D eigenvalue weighted by Gasteiger charge is 2.25. The van der Waals surface area contributed by atoms with Crippen molar-refractivity contribution in [3.8, 4) is 17.0 Å². The second-order valence-electron chi connectivity index (χ2n) is 7.58. The summed E-state index contributed by atoms with van der Waals surface area (Å²) < 4.78 is 35.3. The zero-order chi connectivity index (χ0) is 24.0. The highest BCUT2D eigenvalue weighted by Crippen LogP contribution is 2.32. The first-order chi connectivity index (χ1) is 16.4. The number of ether oxygens (including phenoxy) is 1. The maximum absolute atomic E-state index is 13.9. The molecular formula is C24H18F2N4O4. The zero-order valence-corrected chi connectivity index (χ0v) is 17.8. The summed E-state index contributed by atoms with van der Waals surface area (Å²) in [6.45, 7) is 0. The summed E-state index contributed by atoms with van der Waals surface area (Å²) in [6.07, 6.45) is -1.70. The van der Waals surface area contributed by atoms with Crippen molar-refractivity contribution in [2.45, 2.75) is 12.7 Å². The third-order valence-electron chi connectivity index (χ3n) is 5.65. The molecule has 0 aliphatic carbocycles. The number of hydrogen-bond donors (Lipinski definition) is 2. The molecule has 3 aromatic heterocycles. The van der Waals surface area contributed by atoms with E-state index >= 15 is 0 Å². The van der Waals surface area contributed by atoms with Gasteiger partial charge in [0, 0.05) is 17.1 Å². The Morgan fingerprint density at radius 1 is 1.12 bits per heavy atom. The number of aliphatic hydroxyl groups excluding tert-OH is 1. The van der Waals surface area contributed by atoms with Gasteiger partial charge in [-0.1, -0.05) is 18.2 Å². The molecule has 2 N–H and O–H groups in total. The maximum atomic E-state index is 13.9. The van der Waals surface area contributed by atoms with Crippen molar-refractivity contribution in [1.82, 2.24) is 19.2 Å². The van der Waals surface area contributed by atoms with Crippen LogP contribution >= 0.6 is 0 Å². The fourth-order valence-electron chi connectivity index (χ4n) is 3.98. The van der Waals surface area contributed by atoms with Crippen LogP contribution in [-0.4, -0.2) is 42.5 Å². The van der Waals surface area contributed by atoms with Crippen LogP contribution in [0.25, 0.3) is 27.8 Å². The highest BCUT2D eigenvalue weighted by molar-refractivity contribution is 6.03. The quantitative estimate of drug-likeness (QED) is 0.383. The Hall–Kier alpha value is -4.31. The molecule has 8 nitrogen and oxygen atoms in total. The number of alkyl halides is 2. The smallest absolute Gasteiger partial charge is 0.337 e. The Morgan fingerprint density at radius 2 is 1.85 bits per heavy atom. The van der Waals surface area contributed by atoms with Gasteiger partial charge in [-0.15, -0.1) is 0 Å². The largest absolute Gasteiger partial charge is 0.497 e. The van der Waals surface area contributed by atoms with Crippen molar-refractivity contribution in [3.63, 3.8) is 0 Å². The van der Waals surface area contributed by atoms with E-state index in [2.05, 4.69) is 10.1 Å². The van der Waals surface area contributed by atoms with E-state index < -0.39 is 24.3 Å². The predicted octanol–water partition coefficient (Wildman–Crippen LogP) is 4.53. The third kappa shape index (κ3) is 3.44. The van der Waals surface area contributed by atoms with Crippen LogP contribution in [-0.2, 0) is 0 Å². The molecule has 5 rings (SSSR count). The molecule has 5 aromatic rings. The standard InChI is InChI=1S/C24H18F2N4O4/c1-34-14-8-6-13(7-9-14)18-10-20(21(25)26)30-22(28-18)16(11-27-30)23(31)29-12-17(24(32)33)15-4-2-3-5-19(15)29/h2-12,21,23,31H,1H3,(H,32,33). The van der Waals surface area contributed by atoms with E-state index in [0.29, 0.717) is 22.2 Å². The molecule has 10 heteroatoms. The molecule has 0 spiro atoms. The van der Waals surface area contributed by atoms with E-state index in [1.54, 1.807) is 48.5 Å². The van der Waals surface area contributed by atoms with Gasteiger partial charge in [0.05, 0.1) is 35.6 Å². The first-order valence-corrected chi connectivity index (χ1v) is 10.2. The summed E-state index contributed by atoms with van der Waals surface area (Å²) in [7, 11) is 1.52. The summed E-state index contributed by atoms with van der Waals surface area (Å²) in [5, 5.41) is 25.2. The Labute approximate surface area is 191 Å². The lowest BCUT2D eigenvalue weighted by Gasteiger charge is -2.14. The zero-order valence-electron chi connectivity index (χ0n) is 17.8. The lowest BCUT2D eigenvalue weighted by atomic mass is 10.1. The van der Waals surface area contributed by atoms with Gasteiger partial charge in [0.25, 0.3) is 6.43 Å². The first-order valence-electron chi connectivity index (χ1n) is 10.2. The molecule has 0 aliphatic heterocycles. The van der Waals surface area contributed by atoms with E-state index in [4.69, 9.17) is 4.74 Å². The van der Waals surface area contributed by atoms with Crippen molar-refractivity contribution in [3.05, 3.63) is 83.8 Å². The summed E-state index contributed by atoms with van der Waals surface area (Å²) >= 11 is 0. The minimum atomic E-state index is -2.85. The number of halogens is 2. The minimum Gasteiger partial charge on any atom is -0.497 e. The normalized spacial score (nSPS) is 12.5. The molecule has 2 aromatic carbocycles. The Bertz CT molecular complexity index is 1530. The van der Waals surface area contributed by atoms with Crippen molar-refractivity contribution in [1.29, 1.82) is 0 Å². The van der Waals surface area contributed by atoms with Gasteiger partial charge >= 0.3 is 5.97 Å². The number of hydrogen-bond acceptors (Lipinski definition) is 5. The number of benzene rings is 2. The van der Waals surface area contributed by atoms with Gasteiger partial charge in [-0.05, 0) is 36.4 Å². The van der Waals surface area contributed by atoms with Gasteiger partial charge in [0.2, 0.25) is 0 Å². The first kappa shape index (κ1) is 21.5. The molecule has 1 unspecified atom stereocenters. The summed E-state index contributed by atoms with van der Waals surface area (Å²) in [4.78, 5) is 16.2. The lowest BCUT2D eigenvalue weighted by molar-refractivity contribution is 0.0698. The fourth-order valence-corrected chi connectivity index (χ4v) is 3.98. The minimum absolute atomic E-state index is 0.00581. The summed E-state index contributed by atoms with van der Waals surface area (Å²) in [5.74, 6) is -0.546. The molecule has 172 valence electrons. The molecule has 0 aliphatic rings. The van der Waals surface area contributed by atoms with Crippen LogP contribution in [0.15, 0.2) is 67.0 Å². The number of aromatic carboxylic acids is 1. The average Bonchev–Trinajstić information content (AvgIpc) is 3.45. The van der Waals surface area contributed by atoms with Crippen molar-refractivity contribution >= 4 is 22.5 Å². The fraction of sp³-hybridized carbons (Fsp3) is 0.125. The predicted molar refractivity (Wildman–Crippen MR) is 119 cm³/mol. The van der Waals surface area contributed by atoms with Gasteiger partial charge in [-0.25, -0.2) is 23.1 Å². The average molecular weight is 464 g/mol. The topological polar surface area (TPSA) is 102 Å². The number of carboxylic acid groups (broad SMARTS) is 1. The maximum Gasteiger partial charge on any atom is 0.337 e. The molecular weight excluding hydrogens is 446 g/mol. The van der Waals surface area contributed by atoms with Crippen molar-refractivity contribution in [2.75, 3.05) is 7.11 Å². The second-order valence-corrected chi connectivity index (χ2v) is 7.58. The molecule has 0 saturated carbocycles. The van der Waals surface area contributed by atoms with Crippen LogP contribution in [0.4, 0.5) is 8.78 Å². The van der Waals surface area contributed by atoms with Crippen LogP contribution in [0.1, 0.15) is 34.3 Å². The van der Waals surface area contributed by atoms with E-state index in [0.717, 1.165) is 4.52 Å². The highest BCUT2D eigenvalue weighted by atomic mass is 19.3. The number of para-hydroxylation sites is 1. The number of aliphatic hydroxyl groups is 1. The molecule has 0 bridgehead atoms. The van der Waals surface area contributed by atoms with Gasteiger partial charge < -0.3 is 19.5 Å². The van der Waals surface area contributed by atoms with Gasteiger partial charge in [-0.3, -0.25) is 0 Å². The molecule has 0 saturated heterocycles. The molecule has 3 heterocycles. The summed E-state index contributed by atoms with van der Waals surface area (Å²) in [5.41, 5.74) is 1.10. The van der Waals surface area contributed by atoms with Crippen LogP contribution in [0.5, 0.6) is 5.75 Å². The molecule has 0 fully saturated rings. The number of methoxy groups -OCH3 is 1. The molecule has 0 amide bonds. The van der Waals surface area contributed by atoms with E-state index in [1.807, 2.05) is 0 Å². The Morgan fingerprint density at radius 3 is 2.53 bits per heavy atom. The Kier molecular flexibility index (Phi) is 5.21. The van der Waals surface area contributed by atoms with Gasteiger partial charge in [0.1, 0.15) is 11.4 Å². The lowest BCUT2D eigenvalue weighted by Crippen LogP contribution is -2.10. The third-order valence-corrected chi connectivity index (χ3v) is 5.65. The van der Waals surface area contributed by atoms with Crippen molar-refractivity contribution in [2.24, 2.45) is 0 Å². The number of fused-ring (bicyclic) bond motifs is 2. The van der Waals surface area contributed by atoms with Gasteiger partial charge in [-0.2, -0.15) is 5.10 Å². The molecule has 0 radical (unpaired) electrons. The number of carbonyl (C=O) groups is 1. The van der Waals surface area contributed by atoms with Crippen LogP contribution in [0, 0.1) is 0 Å². The number of carboxylic acids is 1. The van der Waals surface area contributed by atoms with Gasteiger partial charge in [0.15, 0.2) is 11.9 Å². The SMILES string of the molecule is COc1ccc(-c2cc(C(F)F)n3ncc(C(O)n4cc(C(=O)O)c5ccccc54)c3n2)cc1. The monoisotopic (exact) mass is 464 g/mol. The number of nitrogens with zero attached hydrogens (tertiary/aromatic N) is 4. The number of rotatable bonds is 6. The van der Waals surface area contributed by atoms with E-state index in [-0.39, 0.29) is 22.5 Å². The Balaban J connectivity index is 1.69. The van der Waals surface area contributed by atoms with E-state index in [1.165, 1.54) is 30.1 Å². The van der Waals surface area contributed by atoms with Crippen LogP contribution < -0.4 is 4.74 Å². The number of aromatic nitrogens is 4. The van der Waals surface area contributed by atoms with E-state index in [9.17, 15) is 23.8 Å².